The molecule has 3 rings (SSSR count). The minimum atomic E-state index is -3.91. The van der Waals surface area contributed by atoms with Crippen molar-refractivity contribution in [1.82, 2.24) is 4.90 Å². The predicted octanol–water partition coefficient (Wildman–Crippen LogP) is 1.65. The van der Waals surface area contributed by atoms with Gasteiger partial charge in [0.15, 0.2) is 12.0 Å². The molecule has 0 radical (unpaired) electrons. The number of hydrogen-bond acceptors (Lipinski definition) is 10. The minimum absolute atomic E-state index is 0.0506. The molecule has 180 valence electrons. The Labute approximate surface area is 187 Å². The Bertz CT molecular complexity index is 828. The van der Waals surface area contributed by atoms with Gasteiger partial charge in [-0.15, -0.1) is 0 Å². The maximum Gasteiger partial charge on any atom is 0.475 e. The van der Waals surface area contributed by atoms with Crippen molar-refractivity contribution in [2.24, 2.45) is 11.7 Å². The number of phosphoric acid groups is 1. The lowest BCUT2D eigenvalue weighted by Gasteiger charge is -2.38. The molecule has 11 nitrogen and oxygen atoms in total. The summed E-state index contributed by atoms with van der Waals surface area (Å²) < 4.78 is 40.4. The van der Waals surface area contributed by atoms with E-state index >= 15 is 0 Å². The molecule has 1 amide bonds. The second kappa shape index (κ2) is 9.70. The molecule has 3 heterocycles. The highest BCUT2D eigenvalue weighted by atomic mass is 31.2. The molecule has 0 saturated carbocycles. The van der Waals surface area contributed by atoms with Crippen LogP contribution in [0.5, 0.6) is 0 Å². The first kappa shape index (κ1) is 25.0. The number of ether oxygens (including phenoxy) is 2. The average molecular weight is 474 g/mol. The summed E-state index contributed by atoms with van der Waals surface area (Å²) >= 11 is 0. The standard InChI is InChI=1S/C20H31N2O9P/c1-12(2)29-18(25)13(3)6-5-9-27-32(26)28-11-15-17(31-32)20(4,21)19(30-15)22-8-7-14(23)10-16(22)24/h7-8,12-13,15,17,19H,5-6,9-11,21H2,1-4H3/t13?,15-,17-,19-,20-,32+/m1/s1. The molecule has 2 N–H and O–H groups in total. The quantitative estimate of drug-likeness (QED) is 0.239. The van der Waals surface area contributed by atoms with Crippen LogP contribution in [0.3, 0.4) is 0 Å². The first-order valence-electron chi connectivity index (χ1n) is 10.7. The number of amides is 1. The van der Waals surface area contributed by atoms with Crippen molar-refractivity contribution in [3.8, 4) is 0 Å². The largest absolute Gasteiger partial charge is 0.475 e. The summed E-state index contributed by atoms with van der Waals surface area (Å²) in [7, 11) is -3.91. The molecule has 2 saturated heterocycles. The highest BCUT2D eigenvalue weighted by Crippen LogP contribution is 2.57. The van der Waals surface area contributed by atoms with E-state index in [0.29, 0.717) is 12.8 Å². The first-order chi connectivity index (χ1) is 14.9. The Kier molecular flexibility index (Phi) is 7.59. The second-order valence-electron chi connectivity index (χ2n) is 8.78. The topological polar surface area (TPSA) is 144 Å². The fraction of sp³-hybridized carbons (Fsp3) is 0.750. The molecule has 3 aliphatic rings. The van der Waals surface area contributed by atoms with Crippen molar-refractivity contribution in [1.29, 1.82) is 0 Å². The number of carbonyl (C=O) groups excluding carboxylic acids is 3. The van der Waals surface area contributed by atoms with Gasteiger partial charge in [-0.1, -0.05) is 6.92 Å². The van der Waals surface area contributed by atoms with E-state index in [-0.39, 0.29) is 43.4 Å². The zero-order valence-corrected chi connectivity index (χ0v) is 19.6. The highest BCUT2D eigenvalue weighted by molar-refractivity contribution is 7.48. The lowest BCUT2D eigenvalue weighted by molar-refractivity contribution is -0.152. The molecule has 0 aliphatic carbocycles. The van der Waals surface area contributed by atoms with Crippen LogP contribution in [0.4, 0.5) is 0 Å². The number of nitrogens with zero attached hydrogens (tertiary/aromatic N) is 1. The van der Waals surface area contributed by atoms with Crippen LogP contribution in [0, 0.1) is 5.92 Å². The summed E-state index contributed by atoms with van der Waals surface area (Å²) in [5.41, 5.74) is 5.21. The van der Waals surface area contributed by atoms with Crippen LogP contribution >= 0.6 is 7.82 Å². The fourth-order valence-corrected chi connectivity index (χ4v) is 5.31. The number of nitrogens with two attached hydrogens (primary N) is 1. The van der Waals surface area contributed by atoms with E-state index in [0.717, 1.165) is 0 Å². The van der Waals surface area contributed by atoms with Gasteiger partial charge in [-0.25, -0.2) is 4.57 Å². The molecule has 0 aromatic rings. The number of hydrogen-bond donors (Lipinski definition) is 1. The average Bonchev–Trinajstić information content (AvgIpc) is 2.95. The smallest absolute Gasteiger partial charge is 0.463 e. The number of phosphoric ester groups is 1. The monoisotopic (exact) mass is 474 g/mol. The van der Waals surface area contributed by atoms with Gasteiger partial charge < -0.3 is 15.2 Å². The van der Waals surface area contributed by atoms with Crippen molar-refractivity contribution in [3.63, 3.8) is 0 Å². The van der Waals surface area contributed by atoms with Gasteiger partial charge in [0, 0.05) is 6.20 Å². The molecular weight excluding hydrogens is 443 g/mol. The van der Waals surface area contributed by atoms with Gasteiger partial charge in [0.05, 0.1) is 37.2 Å². The van der Waals surface area contributed by atoms with E-state index in [1.807, 2.05) is 0 Å². The third kappa shape index (κ3) is 5.47. The van der Waals surface area contributed by atoms with Gasteiger partial charge >= 0.3 is 13.8 Å². The van der Waals surface area contributed by atoms with Gasteiger partial charge in [-0.3, -0.25) is 32.9 Å². The summed E-state index contributed by atoms with van der Waals surface area (Å²) in [6, 6.07) is 0. The SMILES string of the molecule is CC(C)OC(=O)C(C)CCCO[P@@]1(=O)OC[C@H]2O[C@@H](N3C=CC(=O)CC3=O)[C@](C)(N)[C@@H]2O1. The lowest BCUT2D eigenvalue weighted by Crippen LogP contribution is -2.60. The van der Waals surface area contributed by atoms with Gasteiger partial charge in [0.1, 0.15) is 12.2 Å². The molecule has 0 spiro atoms. The van der Waals surface area contributed by atoms with Gasteiger partial charge in [0.25, 0.3) is 0 Å². The van der Waals surface area contributed by atoms with Crippen molar-refractivity contribution in [3.05, 3.63) is 12.3 Å². The van der Waals surface area contributed by atoms with E-state index in [4.69, 9.17) is 28.8 Å². The zero-order chi connectivity index (χ0) is 23.7. The molecule has 0 aromatic heterocycles. The minimum Gasteiger partial charge on any atom is -0.463 e. The van der Waals surface area contributed by atoms with Crippen LogP contribution in [0.2, 0.25) is 0 Å². The van der Waals surface area contributed by atoms with E-state index in [1.54, 1.807) is 27.7 Å². The molecule has 12 heteroatoms. The summed E-state index contributed by atoms with van der Waals surface area (Å²) in [5.74, 6) is -1.36. The Balaban J connectivity index is 1.55. The molecule has 0 aromatic carbocycles. The number of allylic oxidation sites excluding steroid dienone is 1. The second-order valence-corrected chi connectivity index (χ2v) is 10.4. The summed E-state index contributed by atoms with van der Waals surface area (Å²) in [5, 5.41) is 0. The van der Waals surface area contributed by atoms with E-state index < -0.39 is 37.7 Å². The molecular formula is C20H31N2O9P. The fourth-order valence-electron chi connectivity index (χ4n) is 3.79. The van der Waals surface area contributed by atoms with Crippen LogP contribution in [-0.4, -0.2) is 65.9 Å². The molecule has 3 aliphatic heterocycles. The molecule has 0 bridgehead atoms. The Hall–Kier alpha value is -1.62. The van der Waals surface area contributed by atoms with Crippen LogP contribution in [0.25, 0.3) is 0 Å². The maximum absolute atomic E-state index is 13.0. The molecule has 2 fully saturated rings. The van der Waals surface area contributed by atoms with Gasteiger partial charge in [-0.2, -0.15) is 0 Å². The highest BCUT2D eigenvalue weighted by Gasteiger charge is 2.60. The molecule has 32 heavy (non-hydrogen) atoms. The first-order valence-corrected chi connectivity index (χ1v) is 12.1. The Morgan fingerprint density at radius 1 is 1.38 bits per heavy atom. The number of esters is 1. The van der Waals surface area contributed by atoms with E-state index in [9.17, 15) is 18.9 Å². The van der Waals surface area contributed by atoms with Gasteiger partial charge in [-0.05, 0) is 39.7 Å². The summed E-state index contributed by atoms with van der Waals surface area (Å²) in [6.07, 6.45) is 0.653. The molecule has 6 atom stereocenters. The third-order valence-corrected chi connectivity index (χ3v) is 6.95. The molecule has 1 unspecified atom stereocenters. The summed E-state index contributed by atoms with van der Waals surface area (Å²) in [4.78, 5) is 36.9. The number of fused-ring (bicyclic) bond motifs is 1. The normalized spacial score (nSPS) is 35.8. The van der Waals surface area contributed by atoms with E-state index in [1.165, 1.54) is 17.2 Å². The Morgan fingerprint density at radius 2 is 2.09 bits per heavy atom. The van der Waals surface area contributed by atoms with Crippen molar-refractivity contribution in [2.45, 2.75) is 77.0 Å². The third-order valence-electron chi connectivity index (χ3n) is 5.50. The number of carbonyl (C=O) groups is 3. The predicted molar refractivity (Wildman–Crippen MR) is 111 cm³/mol. The van der Waals surface area contributed by atoms with Gasteiger partial charge in [0.2, 0.25) is 5.91 Å². The van der Waals surface area contributed by atoms with Crippen molar-refractivity contribution in [2.75, 3.05) is 13.2 Å². The lowest BCUT2D eigenvalue weighted by atomic mass is 9.92. The summed E-state index contributed by atoms with van der Waals surface area (Å²) in [6.45, 7) is 6.90. The zero-order valence-electron chi connectivity index (χ0n) is 18.7. The van der Waals surface area contributed by atoms with Crippen LogP contribution in [-0.2, 0) is 42.0 Å². The van der Waals surface area contributed by atoms with Crippen molar-refractivity contribution < 1.29 is 42.0 Å². The Morgan fingerprint density at radius 3 is 2.75 bits per heavy atom. The number of rotatable bonds is 8. The van der Waals surface area contributed by atoms with Crippen molar-refractivity contribution >= 4 is 25.5 Å². The number of ketones is 1. The van der Waals surface area contributed by atoms with E-state index in [2.05, 4.69) is 0 Å². The van der Waals surface area contributed by atoms with Crippen LogP contribution in [0.15, 0.2) is 12.3 Å². The van der Waals surface area contributed by atoms with Crippen LogP contribution < -0.4 is 5.73 Å². The van der Waals surface area contributed by atoms with Crippen LogP contribution in [0.1, 0.15) is 47.0 Å². The maximum atomic E-state index is 13.0.